The molecule has 0 radical (unpaired) electrons. The SMILES string of the molecule is CN(C)c1ccc(NCC(F)(F)F)cc1. The molecule has 1 aromatic rings. The van der Waals surface area contributed by atoms with Crippen LogP contribution in [0.2, 0.25) is 0 Å². The van der Waals surface area contributed by atoms with Crippen LogP contribution in [0.1, 0.15) is 0 Å². The zero-order valence-electron chi connectivity index (χ0n) is 8.60. The minimum absolute atomic E-state index is 0.470. The van der Waals surface area contributed by atoms with E-state index < -0.39 is 12.7 Å². The second-order valence-electron chi connectivity index (χ2n) is 3.41. The van der Waals surface area contributed by atoms with Gasteiger partial charge in [0.2, 0.25) is 0 Å². The average molecular weight is 218 g/mol. The lowest BCUT2D eigenvalue weighted by Gasteiger charge is -2.14. The summed E-state index contributed by atoms with van der Waals surface area (Å²) in [6.45, 7) is -1.01. The normalized spacial score (nSPS) is 11.3. The van der Waals surface area contributed by atoms with Gasteiger partial charge in [-0.15, -0.1) is 0 Å². The maximum Gasteiger partial charge on any atom is 0.405 e. The highest BCUT2D eigenvalue weighted by molar-refractivity contribution is 5.54. The molecule has 5 heteroatoms. The van der Waals surface area contributed by atoms with Crippen molar-refractivity contribution >= 4 is 11.4 Å². The number of hydrogen-bond acceptors (Lipinski definition) is 2. The van der Waals surface area contributed by atoms with Crippen molar-refractivity contribution in [1.82, 2.24) is 0 Å². The molecule has 0 aliphatic rings. The van der Waals surface area contributed by atoms with Gasteiger partial charge >= 0.3 is 6.18 Å². The third kappa shape index (κ3) is 4.10. The molecule has 0 aromatic heterocycles. The Bertz CT molecular complexity index is 303. The Labute approximate surface area is 86.7 Å². The van der Waals surface area contributed by atoms with E-state index in [2.05, 4.69) is 5.32 Å². The fourth-order valence-corrected chi connectivity index (χ4v) is 1.08. The standard InChI is InChI=1S/C10H13F3N2/c1-15(2)9-5-3-8(4-6-9)14-7-10(11,12)13/h3-6,14H,7H2,1-2H3. The van der Waals surface area contributed by atoms with Crippen LogP contribution in [0.15, 0.2) is 24.3 Å². The van der Waals surface area contributed by atoms with Gasteiger partial charge in [0.1, 0.15) is 6.54 Å². The van der Waals surface area contributed by atoms with Gasteiger partial charge in [0.15, 0.2) is 0 Å². The Kier molecular flexibility index (Phi) is 3.44. The van der Waals surface area contributed by atoms with Crippen LogP contribution in [0.4, 0.5) is 24.5 Å². The molecule has 1 rings (SSSR count). The summed E-state index contributed by atoms with van der Waals surface area (Å²) in [7, 11) is 3.75. The van der Waals surface area contributed by atoms with Crippen molar-refractivity contribution in [2.75, 3.05) is 30.9 Å². The van der Waals surface area contributed by atoms with Crippen molar-refractivity contribution in [2.24, 2.45) is 0 Å². The Balaban J connectivity index is 2.57. The van der Waals surface area contributed by atoms with Crippen LogP contribution < -0.4 is 10.2 Å². The summed E-state index contributed by atoms with van der Waals surface area (Å²) in [5.74, 6) is 0. The van der Waals surface area contributed by atoms with E-state index >= 15 is 0 Å². The Hall–Kier alpha value is -1.39. The van der Waals surface area contributed by atoms with Gasteiger partial charge in [0, 0.05) is 25.5 Å². The minimum atomic E-state index is -4.18. The average Bonchev–Trinajstić information content (AvgIpc) is 2.14. The van der Waals surface area contributed by atoms with Crippen molar-refractivity contribution in [3.05, 3.63) is 24.3 Å². The fraction of sp³-hybridized carbons (Fsp3) is 0.400. The summed E-state index contributed by atoms with van der Waals surface area (Å²) >= 11 is 0. The molecular formula is C10H13F3N2. The molecule has 0 aliphatic carbocycles. The molecule has 1 aromatic carbocycles. The van der Waals surface area contributed by atoms with Gasteiger partial charge in [0.05, 0.1) is 0 Å². The summed E-state index contributed by atoms with van der Waals surface area (Å²) < 4.78 is 35.6. The van der Waals surface area contributed by atoms with Gasteiger partial charge < -0.3 is 10.2 Å². The smallest absolute Gasteiger partial charge is 0.378 e. The van der Waals surface area contributed by atoms with Crippen LogP contribution in [0.5, 0.6) is 0 Å². The molecule has 84 valence electrons. The Morgan fingerprint density at radius 1 is 1.13 bits per heavy atom. The van der Waals surface area contributed by atoms with Crippen LogP contribution >= 0.6 is 0 Å². The number of nitrogens with one attached hydrogen (secondary N) is 1. The fourth-order valence-electron chi connectivity index (χ4n) is 1.08. The molecule has 0 saturated heterocycles. The van der Waals surface area contributed by atoms with Crippen molar-refractivity contribution in [3.8, 4) is 0 Å². The van der Waals surface area contributed by atoms with Gasteiger partial charge in [-0.1, -0.05) is 0 Å². The van der Waals surface area contributed by atoms with Crippen molar-refractivity contribution in [1.29, 1.82) is 0 Å². The predicted octanol–water partition coefficient (Wildman–Crippen LogP) is 2.73. The number of alkyl halides is 3. The van der Waals surface area contributed by atoms with Gasteiger partial charge in [0.25, 0.3) is 0 Å². The van der Waals surface area contributed by atoms with Gasteiger partial charge in [-0.05, 0) is 24.3 Å². The van der Waals surface area contributed by atoms with Crippen molar-refractivity contribution in [2.45, 2.75) is 6.18 Å². The summed E-state index contributed by atoms with van der Waals surface area (Å²) in [6.07, 6.45) is -4.18. The zero-order valence-corrected chi connectivity index (χ0v) is 8.60. The van der Waals surface area contributed by atoms with Crippen molar-refractivity contribution in [3.63, 3.8) is 0 Å². The second-order valence-corrected chi connectivity index (χ2v) is 3.41. The molecule has 0 amide bonds. The third-order valence-corrected chi connectivity index (χ3v) is 1.88. The first kappa shape index (κ1) is 11.7. The molecule has 2 nitrogen and oxygen atoms in total. The molecule has 0 heterocycles. The number of anilines is 2. The number of rotatable bonds is 3. The molecule has 0 atom stereocenters. The lowest BCUT2D eigenvalue weighted by Crippen LogP contribution is -2.21. The Morgan fingerprint density at radius 3 is 2.07 bits per heavy atom. The molecule has 0 fully saturated rings. The van der Waals surface area contributed by atoms with E-state index in [1.807, 2.05) is 19.0 Å². The molecular weight excluding hydrogens is 205 g/mol. The summed E-state index contributed by atoms with van der Waals surface area (Å²) in [5, 5.41) is 2.31. The topological polar surface area (TPSA) is 15.3 Å². The lowest BCUT2D eigenvalue weighted by atomic mass is 10.2. The first-order valence-electron chi connectivity index (χ1n) is 4.46. The van der Waals surface area contributed by atoms with E-state index in [4.69, 9.17) is 0 Å². The summed E-state index contributed by atoms with van der Waals surface area (Å²) in [6, 6.07) is 6.78. The molecule has 0 aliphatic heterocycles. The van der Waals surface area contributed by atoms with Gasteiger partial charge in [-0.2, -0.15) is 13.2 Å². The molecule has 0 unspecified atom stereocenters. The monoisotopic (exact) mass is 218 g/mol. The van der Waals surface area contributed by atoms with Crippen LogP contribution in [0.25, 0.3) is 0 Å². The van der Waals surface area contributed by atoms with E-state index in [0.29, 0.717) is 5.69 Å². The molecule has 1 N–H and O–H groups in total. The molecule has 0 spiro atoms. The predicted molar refractivity (Wildman–Crippen MR) is 55.3 cm³/mol. The van der Waals surface area contributed by atoms with Gasteiger partial charge in [-0.25, -0.2) is 0 Å². The molecule has 15 heavy (non-hydrogen) atoms. The van der Waals surface area contributed by atoms with E-state index in [1.165, 1.54) is 0 Å². The number of benzene rings is 1. The summed E-state index contributed by atoms with van der Waals surface area (Å²) in [4.78, 5) is 1.88. The quantitative estimate of drug-likeness (QED) is 0.839. The number of halogens is 3. The highest BCUT2D eigenvalue weighted by atomic mass is 19.4. The maximum absolute atomic E-state index is 11.9. The Morgan fingerprint density at radius 2 is 1.67 bits per heavy atom. The second kappa shape index (κ2) is 4.42. The van der Waals surface area contributed by atoms with Crippen LogP contribution in [0, 0.1) is 0 Å². The highest BCUT2D eigenvalue weighted by Gasteiger charge is 2.26. The van der Waals surface area contributed by atoms with Crippen molar-refractivity contribution < 1.29 is 13.2 Å². The first-order valence-corrected chi connectivity index (χ1v) is 4.46. The lowest BCUT2D eigenvalue weighted by molar-refractivity contribution is -0.115. The third-order valence-electron chi connectivity index (χ3n) is 1.88. The molecule has 0 saturated carbocycles. The highest BCUT2D eigenvalue weighted by Crippen LogP contribution is 2.19. The van der Waals surface area contributed by atoms with E-state index in [-0.39, 0.29) is 0 Å². The van der Waals surface area contributed by atoms with Crippen LogP contribution in [0.3, 0.4) is 0 Å². The van der Waals surface area contributed by atoms with E-state index in [1.54, 1.807) is 24.3 Å². The van der Waals surface area contributed by atoms with E-state index in [0.717, 1.165) is 5.69 Å². The summed E-state index contributed by atoms with van der Waals surface area (Å²) in [5.41, 5.74) is 1.42. The molecule has 0 bridgehead atoms. The number of nitrogens with zero attached hydrogens (tertiary/aromatic N) is 1. The first-order chi connectivity index (χ1) is 6.88. The maximum atomic E-state index is 11.9. The number of hydrogen-bond donors (Lipinski definition) is 1. The van der Waals surface area contributed by atoms with E-state index in [9.17, 15) is 13.2 Å². The largest absolute Gasteiger partial charge is 0.405 e. The zero-order chi connectivity index (χ0) is 11.5. The van der Waals surface area contributed by atoms with Crippen LogP contribution in [-0.2, 0) is 0 Å². The minimum Gasteiger partial charge on any atom is -0.378 e. The van der Waals surface area contributed by atoms with Crippen LogP contribution in [-0.4, -0.2) is 26.8 Å². The van der Waals surface area contributed by atoms with Gasteiger partial charge in [-0.3, -0.25) is 0 Å².